The molecule has 3 atom stereocenters. The van der Waals surface area contributed by atoms with Crippen LogP contribution in [0.4, 0.5) is 0 Å². The minimum Gasteiger partial charge on any atom is -0.327 e. The lowest BCUT2D eigenvalue weighted by Gasteiger charge is -2.37. The summed E-state index contributed by atoms with van der Waals surface area (Å²) in [7, 11) is 2.17. The first-order valence-electron chi connectivity index (χ1n) is 4.07. The summed E-state index contributed by atoms with van der Waals surface area (Å²) in [5.74, 6) is 0.668. The Morgan fingerprint density at radius 1 is 1.40 bits per heavy atom. The summed E-state index contributed by atoms with van der Waals surface area (Å²) >= 11 is 0. The lowest BCUT2D eigenvalue weighted by molar-refractivity contribution is 0.138. The Balaban J connectivity index is 2.46. The summed E-state index contributed by atoms with van der Waals surface area (Å²) in [5, 5.41) is 0. The number of likely N-dealkylation sites (tertiary alicyclic amines) is 1. The molecule has 1 aliphatic rings. The van der Waals surface area contributed by atoms with E-state index in [0.717, 1.165) is 13.0 Å². The predicted octanol–water partition coefficient (Wildman–Crippen LogP) is 0.674. The van der Waals surface area contributed by atoms with E-state index in [-0.39, 0.29) is 0 Å². The third kappa shape index (κ3) is 1.50. The van der Waals surface area contributed by atoms with Gasteiger partial charge in [0.2, 0.25) is 0 Å². The number of piperidine rings is 1. The van der Waals surface area contributed by atoms with Crippen LogP contribution >= 0.6 is 0 Å². The van der Waals surface area contributed by atoms with E-state index >= 15 is 0 Å². The molecule has 2 nitrogen and oxygen atoms in total. The third-order valence-electron chi connectivity index (χ3n) is 2.67. The fraction of sp³-hybridized carbons (Fsp3) is 1.00. The van der Waals surface area contributed by atoms with Gasteiger partial charge in [0.05, 0.1) is 0 Å². The molecule has 0 aromatic rings. The maximum Gasteiger partial charge on any atom is 0.00915 e. The van der Waals surface area contributed by atoms with Crippen LogP contribution in [0.1, 0.15) is 20.3 Å². The van der Waals surface area contributed by atoms with Crippen molar-refractivity contribution in [3.63, 3.8) is 0 Å². The highest BCUT2D eigenvalue weighted by Gasteiger charge is 2.25. The van der Waals surface area contributed by atoms with E-state index in [2.05, 4.69) is 25.8 Å². The fourth-order valence-corrected chi connectivity index (χ4v) is 1.58. The minimum atomic E-state index is 0.422. The van der Waals surface area contributed by atoms with Crippen molar-refractivity contribution in [1.29, 1.82) is 0 Å². The van der Waals surface area contributed by atoms with Gasteiger partial charge in [0.25, 0.3) is 0 Å². The molecule has 3 unspecified atom stereocenters. The van der Waals surface area contributed by atoms with Gasteiger partial charge in [0.1, 0.15) is 0 Å². The standard InChI is InChI=1S/C8H18N2/c1-6-5-10(3)7(2)4-8(6)9/h6-8H,4-5,9H2,1-3H3. The molecule has 1 rings (SSSR count). The predicted molar refractivity (Wildman–Crippen MR) is 43.8 cm³/mol. The quantitative estimate of drug-likeness (QED) is 0.539. The number of rotatable bonds is 0. The van der Waals surface area contributed by atoms with Gasteiger partial charge in [-0.3, -0.25) is 0 Å². The monoisotopic (exact) mass is 142 g/mol. The minimum absolute atomic E-state index is 0.422. The smallest absolute Gasteiger partial charge is 0.00915 e. The first-order chi connectivity index (χ1) is 4.61. The number of nitrogens with zero attached hydrogens (tertiary/aromatic N) is 1. The molecule has 0 bridgehead atoms. The van der Waals surface area contributed by atoms with E-state index in [4.69, 9.17) is 5.73 Å². The van der Waals surface area contributed by atoms with Crippen LogP contribution in [0, 0.1) is 5.92 Å². The van der Waals surface area contributed by atoms with Crippen LogP contribution in [0.3, 0.4) is 0 Å². The Kier molecular flexibility index (Phi) is 2.32. The average Bonchev–Trinajstić information content (AvgIpc) is 1.84. The average molecular weight is 142 g/mol. The summed E-state index contributed by atoms with van der Waals surface area (Å²) < 4.78 is 0. The summed E-state index contributed by atoms with van der Waals surface area (Å²) in [6.45, 7) is 5.63. The lowest BCUT2D eigenvalue weighted by Crippen LogP contribution is -2.48. The lowest BCUT2D eigenvalue weighted by atomic mass is 9.91. The highest BCUT2D eigenvalue weighted by molar-refractivity contribution is 4.83. The number of hydrogen-bond donors (Lipinski definition) is 1. The van der Waals surface area contributed by atoms with Crippen LogP contribution in [-0.2, 0) is 0 Å². The maximum absolute atomic E-state index is 5.90. The van der Waals surface area contributed by atoms with E-state index < -0.39 is 0 Å². The van der Waals surface area contributed by atoms with E-state index in [1.165, 1.54) is 0 Å². The van der Waals surface area contributed by atoms with Crippen molar-refractivity contribution in [1.82, 2.24) is 4.90 Å². The van der Waals surface area contributed by atoms with Crippen LogP contribution < -0.4 is 5.73 Å². The third-order valence-corrected chi connectivity index (χ3v) is 2.67. The SMILES string of the molecule is CC1CN(C)C(C)CC1N. The van der Waals surface area contributed by atoms with E-state index in [1.54, 1.807) is 0 Å². The Morgan fingerprint density at radius 2 is 2.00 bits per heavy atom. The zero-order valence-corrected chi connectivity index (χ0v) is 7.17. The molecule has 60 valence electrons. The van der Waals surface area contributed by atoms with Gasteiger partial charge >= 0.3 is 0 Å². The number of nitrogens with two attached hydrogens (primary N) is 1. The molecule has 0 aromatic carbocycles. The van der Waals surface area contributed by atoms with E-state index in [9.17, 15) is 0 Å². The largest absolute Gasteiger partial charge is 0.327 e. The normalized spacial score (nSPS) is 43.8. The summed E-state index contributed by atoms with van der Waals surface area (Å²) in [5.41, 5.74) is 5.90. The highest BCUT2D eigenvalue weighted by atomic mass is 15.1. The second kappa shape index (κ2) is 2.89. The van der Waals surface area contributed by atoms with Gasteiger partial charge in [-0.05, 0) is 26.3 Å². The number of hydrogen-bond acceptors (Lipinski definition) is 2. The van der Waals surface area contributed by atoms with Gasteiger partial charge in [0, 0.05) is 18.6 Å². The Labute approximate surface area is 63.4 Å². The van der Waals surface area contributed by atoms with E-state index in [1.807, 2.05) is 0 Å². The summed E-state index contributed by atoms with van der Waals surface area (Å²) in [6.07, 6.45) is 1.15. The van der Waals surface area contributed by atoms with Crippen molar-refractivity contribution in [2.45, 2.75) is 32.4 Å². The molecule has 1 fully saturated rings. The van der Waals surface area contributed by atoms with Gasteiger partial charge in [-0.2, -0.15) is 0 Å². The molecule has 0 aromatic heterocycles. The van der Waals surface area contributed by atoms with Crippen molar-refractivity contribution in [3.05, 3.63) is 0 Å². The molecule has 2 N–H and O–H groups in total. The van der Waals surface area contributed by atoms with Crippen molar-refractivity contribution in [3.8, 4) is 0 Å². The summed E-state index contributed by atoms with van der Waals surface area (Å²) in [6, 6.07) is 1.09. The van der Waals surface area contributed by atoms with Crippen molar-refractivity contribution in [2.75, 3.05) is 13.6 Å². The van der Waals surface area contributed by atoms with Crippen LogP contribution in [-0.4, -0.2) is 30.6 Å². The molecule has 2 heteroatoms. The van der Waals surface area contributed by atoms with Gasteiger partial charge in [-0.15, -0.1) is 0 Å². The molecule has 0 saturated carbocycles. The summed E-state index contributed by atoms with van der Waals surface area (Å²) in [4.78, 5) is 2.38. The molecular formula is C8H18N2. The highest BCUT2D eigenvalue weighted by Crippen LogP contribution is 2.18. The van der Waals surface area contributed by atoms with E-state index in [0.29, 0.717) is 18.0 Å². The molecule has 1 aliphatic heterocycles. The van der Waals surface area contributed by atoms with Crippen LogP contribution in [0.15, 0.2) is 0 Å². The van der Waals surface area contributed by atoms with Crippen molar-refractivity contribution < 1.29 is 0 Å². The van der Waals surface area contributed by atoms with Crippen molar-refractivity contribution in [2.24, 2.45) is 11.7 Å². The van der Waals surface area contributed by atoms with Crippen LogP contribution in [0.25, 0.3) is 0 Å². The van der Waals surface area contributed by atoms with Crippen molar-refractivity contribution >= 4 is 0 Å². The maximum atomic E-state index is 5.90. The molecule has 0 radical (unpaired) electrons. The van der Waals surface area contributed by atoms with Crippen LogP contribution in [0.5, 0.6) is 0 Å². The topological polar surface area (TPSA) is 29.3 Å². The molecule has 0 spiro atoms. The molecule has 1 saturated heterocycles. The zero-order valence-electron chi connectivity index (χ0n) is 7.17. The second-order valence-corrected chi connectivity index (χ2v) is 3.67. The van der Waals surface area contributed by atoms with Gasteiger partial charge < -0.3 is 10.6 Å². The molecule has 1 heterocycles. The van der Waals surface area contributed by atoms with Crippen LogP contribution in [0.2, 0.25) is 0 Å². The first-order valence-corrected chi connectivity index (χ1v) is 4.07. The Bertz CT molecular complexity index is 87.8. The zero-order chi connectivity index (χ0) is 7.72. The molecule has 0 amide bonds. The molecule has 10 heavy (non-hydrogen) atoms. The van der Waals surface area contributed by atoms with Gasteiger partial charge in [-0.25, -0.2) is 0 Å². The first kappa shape index (κ1) is 8.02. The fourth-order valence-electron chi connectivity index (χ4n) is 1.58. The second-order valence-electron chi connectivity index (χ2n) is 3.67. The Morgan fingerprint density at radius 3 is 2.50 bits per heavy atom. The Hall–Kier alpha value is -0.0800. The van der Waals surface area contributed by atoms with Gasteiger partial charge in [0.15, 0.2) is 0 Å². The molecule has 0 aliphatic carbocycles. The molecular weight excluding hydrogens is 124 g/mol. The van der Waals surface area contributed by atoms with Gasteiger partial charge in [-0.1, -0.05) is 6.92 Å².